The molecule has 1 aromatic carbocycles. The molecule has 0 aliphatic carbocycles. The number of halogens is 1. The molecule has 0 amide bonds. The first-order valence-corrected chi connectivity index (χ1v) is 4.42. The molecule has 0 saturated carbocycles. The standard InChI is InChI=1S/C9H9BrO3/c1-5-6(4-11)9(12)8(13-2)3-7(5)10/h3-4,12H,1-2H3. The highest BCUT2D eigenvalue weighted by Gasteiger charge is 2.13. The van der Waals surface area contributed by atoms with Gasteiger partial charge in [-0.05, 0) is 18.6 Å². The van der Waals surface area contributed by atoms with Gasteiger partial charge in [0.2, 0.25) is 0 Å². The Kier molecular flexibility index (Phi) is 2.93. The van der Waals surface area contributed by atoms with Crippen molar-refractivity contribution in [3.8, 4) is 11.5 Å². The molecule has 0 atom stereocenters. The number of benzene rings is 1. The molecule has 0 aliphatic rings. The number of methoxy groups -OCH3 is 1. The summed E-state index contributed by atoms with van der Waals surface area (Å²) in [5, 5.41) is 9.52. The molecule has 70 valence electrons. The minimum Gasteiger partial charge on any atom is -0.504 e. The van der Waals surface area contributed by atoms with Crippen molar-refractivity contribution in [2.24, 2.45) is 0 Å². The number of hydrogen-bond acceptors (Lipinski definition) is 3. The zero-order valence-electron chi connectivity index (χ0n) is 7.30. The van der Waals surface area contributed by atoms with E-state index < -0.39 is 0 Å². The van der Waals surface area contributed by atoms with E-state index in [0.717, 1.165) is 4.47 Å². The van der Waals surface area contributed by atoms with E-state index in [1.807, 2.05) is 0 Å². The highest BCUT2D eigenvalue weighted by molar-refractivity contribution is 9.10. The lowest BCUT2D eigenvalue weighted by molar-refractivity contribution is 0.111. The molecule has 0 fully saturated rings. The molecule has 0 spiro atoms. The first-order chi connectivity index (χ1) is 6.11. The minimum absolute atomic E-state index is 0.113. The summed E-state index contributed by atoms with van der Waals surface area (Å²) in [6.45, 7) is 1.74. The SMILES string of the molecule is COc1cc(Br)c(C)c(C=O)c1O. The molecule has 1 N–H and O–H groups in total. The maximum absolute atomic E-state index is 10.6. The van der Waals surface area contributed by atoms with E-state index in [9.17, 15) is 9.90 Å². The number of phenols is 1. The average Bonchev–Trinajstić information content (AvgIpc) is 2.12. The van der Waals surface area contributed by atoms with Crippen molar-refractivity contribution in [3.63, 3.8) is 0 Å². The third-order valence-electron chi connectivity index (χ3n) is 1.85. The van der Waals surface area contributed by atoms with Gasteiger partial charge >= 0.3 is 0 Å². The molecule has 0 aliphatic heterocycles. The number of rotatable bonds is 2. The number of carbonyl (C=O) groups is 1. The van der Waals surface area contributed by atoms with Gasteiger partial charge in [-0.25, -0.2) is 0 Å². The van der Waals surface area contributed by atoms with Crippen LogP contribution in [0.15, 0.2) is 10.5 Å². The van der Waals surface area contributed by atoms with Crippen LogP contribution in [0.1, 0.15) is 15.9 Å². The van der Waals surface area contributed by atoms with Crippen molar-refractivity contribution in [2.75, 3.05) is 7.11 Å². The van der Waals surface area contributed by atoms with Gasteiger partial charge in [-0.3, -0.25) is 4.79 Å². The van der Waals surface area contributed by atoms with Crippen LogP contribution in [0.25, 0.3) is 0 Å². The number of ether oxygens (including phenoxy) is 1. The minimum atomic E-state index is -0.113. The van der Waals surface area contributed by atoms with E-state index in [1.165, 1.54) is 7.11 Å². The number of carbonyl (C=O) groups excluding carboxylic acids is 1. The van der Waals surface area contributed by atoms with Gasteiger partial charge in [0, 0.05) is 4.47 Å². The summed E-state index contributed by atoms with van der Waals surface area (Å²) >= 11 is 3.26. The summed E-state index contributed by atoms with van der Waals surface area (Å²) in [6, 6.07) is 1.62. The summed E-state index contributed by atoms with van der Waals surface area (Å²) in [7, 11) is 1.44. The summed E-state index contributed by atoms with van der Waals surface area (Å²) in [5.41, 5.74) is 0.958. The van der Waals surface area contributed by atoms with Crippen LogP contribution in [0, 0.1) is 6.92 Å². The van der Waals surface area contributed by atoms with E-state index >= 15 is 0 Å². The lowest BCUT2D eigenvalue weighted by Gasteiger charge is -2.09. The summed E-state index contributed by atoms with van der Waals surface area (Å²) in [4.78, 5) is 10.6. The summed E-state index contributed by atoms with van der Waals surface area (Å²) < 4.78 is 5.62. The lowest BCUT2D eigenvalue weighted by atomic mass is 10.1. The molecule has 0 heterocycles. The highest BCUT2D eigenvalue weighted by atomic mass is 79.9. The van der Waals surface area contributed by atoms with Gasteiger partial charge in [-0.15, -0.1) is 0 Å². The molecule has 13 heavy (non-hydrogen) atoms. The Morgan fingerprint density at radius 2 is 2.23 bits per heavy atom. The van der Waals surface area contributed by atoms with Gasteiger partial charge in [0.1, 0.15) is 0 Å². The molecular weight excluding hydrogens is 236 g/mol. The fraction of sp³-hybridized carbons (Fsp3) is 0.222. The van der Waals surface area contributed by atoms with E-state index in [-0.39, 0.29) is 11.3 Å². The van der Waals surface area contributed by atoms with E-state index in [4.69, 9.17) is 4.74 Å². The Balaban J connectivity index is 3.47. The van der Waals surface area contributed by atoms with Crippen LogP contribution in [-0.4, -0.2) is 18.5 Å². The Morgan fingerprint density at radius 3 is 2.69 bits per heavy atom. The van der Waals surface area contributed by atoms with Gasteiger partial charge in [-0.1, -0.05) is 15.9 Å². The quantitative estimate of drug-likeness (QED) is 0.813. The van der Waals surface area contributed by atoms with Crippen LogP contribution in [-0.2, 0) is 0 Å². The Labute approximate surface area is 84.5 Å². The maximum atomic E-state index is 10.6. The molecule has 3 nitrogen and oxygen atoms in total. The predicted octanol–water partition coefficient (Wildman–Crippen LogP) is 2.28. The van der Waals surface area contributed by atoms with Crippen molar-refractivity contribution < 1.29 is 14.6 Å². The van der Waals surface area contributed by atoms with Crippen LogP contribution in [0.2, 0.25) is 0 Å². The van der Waals surface area contributed by atoms with Crippen LogP contribution in [0.3, 0.4) is 0 Å². The van der Waals surface area contributed by atoms with Crippen LogP contribution in [0.4, 0.5) is 0 Å². The molecule has 0 aromatic heterocycles. The monoisotopic (exact) mass is 244 g/mol. The van der Waals surface area contributed by atoms with Gasteiger partial charge in [0.25, 0.3) is 0 Å². The smallest absolute Gasteiger partial charge is 0.168 e. The molecule has 1 aromatic rings. The number of aldehydes is 1. The second kappa shape index (κ2) is 3.79. The second-order valence-corrected chi connectivity index (χ2v) is 3.42. The molecular formula is C9H9BrO3. The average molecular weight is 245 g/mol. The largest absolute Gasteiger partial charge is 0.504 e. The van der Waals surface area contributed by atoms with Crippen molar-refractivity contribution in [3.05, 3.63) is 21.7 Å². The van der Waals surface area contributed by atoms with Crippen molar-refractivity contribution in [1.82, 2.24) is 0 Å². The molecule has 0 unspecified atom stereocenters. The molecule has 0 bridgehead atoms. The summed E-state index contributed by atoms with van der Waals surface area (Å²) in [5.74, 6) is 0.178. The number of hydrogen-bond donors (Lipinski definition) is 1. The molecule has 4 heteroatoms. The van der Waals surface area contributed by atoms with Crippen molar-refractivity contribution >= 4 is 22.2 Å². The zero-order valence-corrected chi connectivity index (χ0v) is 8.88. The van der Waals surface area contributed by atoms with Crippen molar-refractivity contribution in [1.29, 1.82) is 0 Å². The maximum Gasteiger partial charge on any atom is 0.168 e. The van der Waals surface area contributed by atoms with Crippen molar-refractivity contribution in [2.45, 2.75) is 6.92 Å². The van der Waals surface area contributed by atoms with E-state index in [2.05, 4.69) is 15.9 Å². The molecule has 1 rings (SSSR count). The number of aromatic hydroxyl groups is 1. The van der Waals surface area contributed by atoms with Crippen LogP contribution in [0.5, 0.6) is 11.5 Å². The Bertz CT molecular complexity index is 347. The zero-order chi connectivity index (χ0) is 10.0. The molecule has 0 saturated heterocycles. The fourth-order valence-electron chi connectivity index (χ4n) is 1.03. The molecule has 0 radical (unpaired) electrons. The first-order valence-electron chi connectivity index (χ1n) is 3.63. The predicted molar refractivity (Wildman–Crippen MR) is 52.5 cm³/mol. The highest BCUT2D eigenvalue weighted by Crippen LogP contribution is 2.35. The van der Waals surface area contributed by atoms with Crippen LogP contribution >= 0.6 is 15.9 Å². The van der Waals surface area contributed by atoms with Gasteiger partial charge in [0.15, 0.2) is 17.8 Å². The third-order valence-corrected chi connectivity index (χ3v) is 2.67. The normalized spacial score (nSPS) is 9.77. The second-order valence-electron chi connectivity index (χ2n) is 2.57. The van der Waals surface area contributed by atoms with Crippen LogP contribution < -0.4 is 4.74 Å². The topological polar surface area (TPSA) is 46.5 Å². The van der Waals surface area contributed by atoms with Gasteiger partial charge in [0.05, 0.1) is 12.7 Å². The van der Waals surface area contributed by atoms with E-state index in [1.54, 1.807) is 13.0 Å². The first kappa shape index (κ1) is 10.1. The van der Waals surface area contributed by atoms with E-state index in [0.29, 0.717) is 17.6 Å². The Morgan fingerprint density at radius 1 is 1.62 bits per heavy atom. The summed E-state index contributed by atoms with van der Waals surface area (Å²) in [6.07, 6.45) is 0.609. The van der Waals surface area contributed by atoms with Gasteiger partial charge < -0.3 is 9.84 Å². The third kappa shape index (κ3) is 1.67. The lowest BCUT2D eigenvalue weighted by Crippen LogP contribution is -1.93. The fourth-order valence-corrected chi connectivity index (χ4v) is 1.45. The Hall–Kier alpha value is -1.03. The van der Waals surface area contributed by atoms with Gasteiger partial charge in [-0.2, -0.15) is 0 Å². The number of phenolic OH excluding ortho intramolecular Hbond substituents is 1.